The fourth-order valence-corrected chi connectivity index (χ4v) is 1.68. The van der Waals surface area contributed by atoms with Crippen molar-refractivity contribution in [1.82, 2.24) is 0 Å². The van der Waals surface area contributed by atoms with Crippen LogP contribution < -0.4 is 5.73 Å². The third-order valence-corrected chi connectivity index (χ3v) is 2.68. The Balaban J connectivity index is 3.11. The summed E-state index contributed by atoms with van der Waals surface area (Å²) in [6.07, 6.45) is -2.29. The second-order valence-electron chi connectivity index (χ2n) is 4.01. The number of aliphatic hydroxyl groups excluding tert-OH is 2. The van der Waals surface area contributed by atoms with E-state index >= 15 is 0 Å². The van der Waals surface area contributed by atoms with Crippen LogP contribution in [0.2, 0.25) is 0 Å². The summed E-state index contributed by atoms with van der Waals surface area (Å²) >= 11 is 0. The van der Waals surface area contributed by atoms with E-state index in [1.807, 2.05) is 0 Å². The van der Waals surface area contributed by atoms with Crippen molar-refractivity contribution in [2.75, 3.05) is 6.54 Å². The molecule has 0 bridgehead atoms. The maximum Gasteiger partial charge on any atom is 0.305 e. The Morgan fingerprint density at radius 3 is 2.61 bits per heavy atom. The Morgan fingerprint density at radius 2 is 2.11 bits per heavy atom. The van der Waals surface area contributed by atoms with Gasteiger partial charge in [0.1, 0.15) is 6.10 Å². The van der Waals surface area contributed by atoms with Crippen LogP contribution in [-0.4, -0.2) is 27.8 Å². The molecule has 0 aliphatic heterocycles. The summed E-state index contributed by atoms with van der Waals surface area (Å²) in [5.41, 5.74) is 5.05. The fraction of sp³-hybridized carbons (Fsp3) is 0.455. The van der Waals surface area contributed by atoms with Gasteiger partial charge < -0.3 is 15.9 Å². The van der Waals surface area contributed by atoms with Gasteiger partial charge >= 0.3 is 5.69 Å². The van der Waals surface area contributed by atoms with Crippen LogP contribution in [0.4, 0.5) is 10.1 Å². The first-order valence-electron chi connectivity index (χ1n) is 5.39. The number of aryl methyl sites for hydroxylation is 1. The van der Waals surface area contributed by atoms with Gasteiger partial charge in [0.15, 0.2) is 0 Å². The van der Waals surface area contributed by atoms with Gasteiger partial charge in [-0.05, 0) is 37.1 Å². The molecule has 0 saturated heterocycles. The molecule has 0 aliphatic rings. The lowest BCUT2D eigenvalue weighted by molar-refractivity contribution is -0.387. The minimum absolute atomic E-state index is 0.124. The maximum atomic E-state index is 13.4. The van der Waals surface area contributed by atoms with Crippen molar-refractivity contribution in [2.24, 2.45) is 5.73 Å². The molecule has 2 atom stereocenters. The number of nitrogens with two attached hydrogens (primary N) is 1. The van der Waals surface area contributed by atoms with Crippen molar-refractivity contribution in [2.45, 2.75) is 25.6 Å². The number of nitro groups is 1. The van der Waals surface area contributed by atoms with Crippen LogP contribution in [-0.2, 0) is 0 Å². The molecule has 0 radical (unpaired) electrons. The predicted octanol–water partition coefficient (Wildman–Crippen LogP) is 0.785. The zero-order chi connectivity index (χ0) is 13.9. The number of benzene rings is 1. The average molecular weight is 258 g/mol. The highest BCUT2D eigenvalue weighted by atomic mass is 19.1. The largest absolute Gasteiger partial charge is 0.390 e. The average Bonchev–Trinajstić information content (AvgIpc) is 2.30. The minimum Gasteiger partial charge on any atom is -0.390 e. The molecular weight excluding hydrogens is 243 g/mol. The number of hydrogen-bond acceptors (Lipinski definition) is 5. The predicted molar refractivity (Wildman–Crippen MR) is 62.4 cm³/mol. The number of nitro benzene ring substituents is 1. The number of hydrogen-bond donors (Lipinski definition) is 3. The van der Waals surface area contributed by atoms with Gasteiger partial charge in [-0.2, -0.15) is 4.39 Å². The van der Waals surface area contributed by atoms with Gasteiger partial charge in [0.25, 0.3) is 0 Å². The Hall–Kier alpha value is -1.57. The number of rotatable bonds is 5. The molecule has 1 rings (SSSR count). The summed E-state index contributed by atoms with van der Waals surface area (Å²) in [6.45, 7) is 1.67. The Bertz CT molecular complexity index is 453. The van der Waals surface area contributed by atoms with Gasteiger partial charge in [0.05, 0.1) is 11.0 Å². The van der Waals surface area contributed by atoms with Crippen LogP contribution in [0.1, 0.15) is 23.7 Å². The molecule has 0 saturated carbocycles. The third-order valence-electron chi connectivity index (χ3n) is 2.68. The van der Waals surface area contributed by atoms with Crippen LogP contribution >= 0.6 is 0 Å². The molecule has 0 heterocycles. The van der Waals surface area contributed by atoms with Crippen molar-refractivity contribution in [3.8, 4) is 0 Å². The van der Waals surface area contributed by atoms with E-state index in [9.17, 15) is 24.7 Å². The first kappa shape index (κ1) is 14.5. The van der Waals surface area contributed by atoms with E-state index < -0.39 is 28.6 Å². The zero-order valence-corrected chi connectivity index (χ0v) is 9.84. The Morgan fingerprint density at radius 1 is 1.50 bits per heavy atom. The molecule has 0 aromatic heterocycles. The van der Waals surface area contributed by atoms with Crippen LogP contribution in [0.15, 0.2) is 12.1 Å². The monoisotopic (exact) mass is 258 g/mol. The maximum absolute atomic E-state index is 13.4. The summed E-state index contributed by atoms with van der Waals surface area (Å²) < 4.78 is 13.4. The van der Waals surface area contributed by atoms with E-state index in [4.69, 9.17) is 5.73 Å². The molecular formula is C11H15FN2O4. The summed E-state index contributed by atoms with van der Waals surface area (Å²) in [4.78, 5) is 9.69. The topological polar surface area (TPSA) is 110 Å². The van der Waals surface area contributed by atoms with E-state index in [0.717, 1.165) is 12.1 Å². The highest BCUT2D eigenvalue weighted by Crippen LogP contribution is 2.28. The second-order valence-corrected chi connectivity index (χ2v) is 4.01. The highest BCUT2D eigenvalue weighted by Gasteiger charge is 2.24. The first-order valence-corrected chi connectivity index (χ1v) is 5.39. The van der Waals surface area contributed by atoms with Gasteiger partial charge in [-0.3, -0.25) is 10.1 Å². The summed E-state index contributed by atoms with van der Waals surface area (Å²) in [5.74, 6) is -1.04. The first-order chi connectivity index (χ1) is 8.38. The number of halogens is 1. The number of nitrogens with zero attached hydrogens (tertiary/aromatic N) is 1. The molecule has 0 aliphatic carbocycles. The van der Waals surface area contributed by atoms with Crippen molar-refractivity contribution in [1.29, 1.82) is 0 Å². The molecule has 1 aromatic rings. The van der Waals surface area contributed by atoms with Crippen LogP contribution in [0.25, 0.3) is 0 Å². The lowest BCUT2D eigenvalue weighted by Crippen LogP contribution is -2.22. The lowest BCUT2D eigenvalue weighted by atomic mass is 9.97. The fourth-order valence-electron chi connectivity index (χ4n) is 1.68. The summed E-state index contributed by atoms with van der Waals surface area (Å²) in [5, 5.41) is 29.9. The smallest absolute Gasteiger partial charge is 0.305 e. The molecule has 0 spiro atoms. The van der Waals surface area contributed by atoms with Crippen molar-refractivity contribution in [3.05, 3.63) is 39.2 Å². The van der Waals surface area contributed by atoms with E-state index in [1.165, 1.54) is 6.92 Å². The van der Waals surface area contributed by atoms with E-state index in [0.29, 0.717) is 5.56 Å². The summed E-state index contributed by atoms with van der Waals surface area (Å²) in [7, 11) is 0. The molecule has 2 unspecified atom stereocenters. The van der Waals surface area contributed by atoms with Crippen LogP contribution in [0.3, 0.4) is 0 Å². The normalized spacial score (nSPS) is 14.3. The van der Waals surface area contributed by atoms with Crippen molar-refractivity contribution in [3.63, 3.8) is 0 Å². The molecule has 4 N–H and O–H groups in total. The third kappa shape index (κ3) is 3.00. The van der Waals surface area contributed by atoms with Crippen molar-refractivity contribution < 1.29 is 19.5 Å². The molecule has 1 aromatic carbocycles. The Kier molecular flexibility index (Phi) is 4.71. The molecule has 7 heteroatoms. The quantitative estimate of drug-likeness (QED) is 0.534. The second kappa shape index (κ2) is 5.85. The molecule has 18 heavy (non-hydrogen) atoms. The van der Waals surface area contributed by atoms with Crippen LogP contribution in [0.5, 0.6) is 0 Å². The minimum atomic E-state index is -1.32. The van der Waals surface area contributed by atoms with Gasteiger partial charge in [-0.15, -0.1) is 0 Å². The zero-order valence-electron chi connectivity index (χ0n) is 9.84. The molecule has 6 nitrogen and oxygen atoms in total. The van der Waals surface area contributed by atoms with Gasteiger partial charge in [0, 0.05) is 6.07 Å². The van der Waals surface area contributed by atoms with E-state index in [2.05, 4.69) is 0 Å². The molecule has 100 valence electrons. The van der Waals surface area contributed by atoms with Gasteiger partial charge in [0.2, 0.25) is 5.82 Å². The molecule has 0 fully saturated rings. The number of aliphatic hydroxyl groups is 2. The van der Waals surface area contributed by atoms with Gasteiger partial charge in [-0.1, -0.05) is 0 Å². The molecule has 0 amide bonds. The van der Waals surface area contributed by atoms with Crippen molar-refractivity contribution >= 4 is 5.69 Å². The Labute approximate surface area is 103 Å². The SMILES string of the molecule is Cc1cc([N+](=O)[O-])c(F)cc1C(O)C(O)CCN. The standard InChI is InChI=1S/C11H15FN2O4/c1-6-4-9(14(17)18)8(12)5-7(6)11(16)10(15)2-3-13/h4-5,10-11,15-16H,2-3,13H2,1H3. The highest BCUT2D eigenvalue weighted by molar-refractivity contribution is 5.42. The van der Waals surface area contributed by atoms with E-state index in [1.54, 1.807) is 0 Å². The van der Waals surface area contributed by atoms with Crippen LogP contribution in [0, 0.1) is 22.9 Å². The van der Waals surface area contributed by atoms with E-state index in [-0.39, 0.29) is 18.5 Å². The lowest BCUT2D eigenvalue weighted by Gasteiger charge is -2.19. The summed E-state index contributed by atoms with van der Waals surface area (Å²) in [6, 6.07) is 1.90. The van der Waals surface area contributed by atoms with Gasteiger partial charge in [-0.25, -0.2) is 0 Å².